The summed E-state index contributed by atoms with van der Waals surface area (Å²) in [6.07, 6.45) is 4.06. The van der Waals surface area contributed by atoms with Crippen molar-refractivity contribution >= 4 is 5.97 Å². The molecule has 1 N–H and O–H groups in total. The molecule has 3 nitrogen and oxygen atoms in total. The van der Waals surface area contributed by atoms with Gasteiger partial charge in [0.1, 0.15) is 0 Å². The van der Waals surface area contributed by atoms with Crippen molar-refractivity contribution < 1.29 is 14.6 Å². The molecule has 0 aromatic heterocycles. The Balaban J connectivity index is 2.64. The van der Waals surface area contributed by atoms with E-state index in [1.54, 1.807) is 0 Å². The number of methoxy groups -OCH3 is 1. The SMILES string of the molecule is COC(=O)C(O)C1CCCC=C1C. The molecule has 74 valence electrons. The number of hydrogen-bond acceptors (Lipinski definition) is 3. The number of aliphatic hydroxyl groups is 1. The maximum absolute atomic E-state index is 11.1. The van der Waals surface area contributed by atoms with Crippen LogP contribution in [0.1, 0.15) is 26.2 Å². The maximum atomic E-state index is 11.1. The van der Waals surface area contributed by atoms with Crippen LogP contribution >= 0.6 is 0 Å². The van der Waals surface area contributed by atoms with Gasteiger partial charge in [-0.3, -0.25) is 0 Å². The Bertz CT molecular complexity index is 220. The molecule has 0 bridgehead atoms. The highest BCUT2D eigenvalue weighted by molar-refractivity contribution is 5.75. The fraction of sp³-hybridized carbons (Fsp3) is 0.700. The molecular weight excluding hydrogens is 168 g/mol. The molecule has 2 unspecified atom stereocenters. The van der Waals surface area contributed by atoms with Crippen molar-refractivity contribution in [3.63, 3.8) is 0 Å². The quantitative estimate of drug-likeness (QED) is 0.519. The van der Waals surface area contributed by atoms with E-state index in [0.717, 1.165) is 24.8 Å². The van der Waals surface area contributed by atoms with E-state index in [1.807, 2.05) is 6.92 Å². The molecule has 0 spiro atoms. The smallest absolute Gasteiger partial charge is 0.335 e. The first-order valence-electron chi connectivity index (χ1n) is 4.59. The zero-order valence-corrected chi connectivity index (χ0v) is 8.12. The van der Waals surface area contributed by atoms with Crippen LogP contribution in [0.4, 0.5) is 0 Å². The molecule has 0 saturated carbocycles. The molecule has 0 aromatic carbocycles. The molecule has 1 aliphatic rings. The molecule has 0 fully saturated rings. The van der Waals surface area contributed by atoms with Gasteiger partial charge in [0, 0.05) is 5.92 Å². The number of esters is 1. The van der Waals surface area contributed by atoms with E-state index in [4.69, 9.17) is 0 Å². The first kappa shape index (κ1) is 10.3. The first-order chi connectivity index (χ1) is 6.16. The first-order valence-corrected chi connectivity index (χ1v) is 4.59. The molecule has 1 aliphatic carbocycles. The minimum Gasteiger partial charge on any atom is -0.467 e. The summed E-state index contributed by atoms with van der Waals surface area (Å²) < 4.78 is 4.50. The van der Waals surface area contributed by atoms with E-state index in [0.29, 0.717) is 0 Å². The monoisotopic (exact) mass is 184 g/mol. The van der Waals surface area contributed by atoms with Gasteiger partial charge in [-0.1, -0.05) is 11.6 Å². The summed E-state index contributed by atoms with van der Waals surface area (Å²) in [5.74, 6) is -0.569. The molecule has 1 rings (SSSR count). The minimum atomic E-state index is -0.985. The van der Waals surface area contributed by atoms with Gasteiger partial charge < -0.3 is 9.84 Å². The van der Waals surface area contributed by atoms with E-state index in [2.05, 4.69) is 10.8 Å². The lowest BCUT2D eigenvalue weighted by Gasteiger charge is -2.24. The topological polar surface area (TPSA) is 46.5 Å². The highest BCUT2D eigenvalue weighted by atomic mass is 16.5. The second-order valence-electron chi connectivity index (χ2n) is 3.45. The fourth-order valence-electron chi connectivity index (χ4n) is 1.74. The number of rotatable bonds is 2. The summed E-state index contributed by atoms with van der Waals surface area (Å²) in [6.45, 7) is 1.95. The van der Waals surface area contributed by atoms with Gasteiger partial charge in [-0.15, -0.1) is 0 Å². The highest BCUT2D eigenvalue weighted by Crippen LogP contribution is 2.27. The Morgan fingerprint density at radius 2 is 2.46 bits per heavy atom. The van der Waals surface area contributed by atoms with Gasteiger partial charge in [-0.25, -0.2) is 4.79 Å². The number of ether oxygens (including phenoxy) is 1. The Hall–Kier alpha value is -0.830. The lowest BCUT2D eigenvalue weighted by molar-refractivity contribution is -0.152. The summed E-state index contributed by atoms with van der Waals surface area (Å²) in [7, 11) is 1.30. The summed E-state index contributed by atoms with van der Waals surface area (Å²) in [4.78, 5) is 11.1. The van der Waals surface area contributed by atoms with Crippen LogP contribution in [0.25, 0.3) is 0 Å². The zero-order valence-electron chi connectivity index (χ0n) is 8.12. The average molecular weight is 184 g/mol. The average Bonchev–Trinajstić information content (AvgIpc) is 2.16. The van der Waals surface area contributed by atoms with Gasteiger partial charge in [0.25, 0.3) is 0 Å². The van der Waals surface area contributed by atoms with Gasteiger partial charge in [0.05, 0.1) is 7.11 Å². The number of carbonyl (C=O) groups is 1. The largest absolute Gasteiger partial charge is 0.467 e. The Morgan fingerprint density at radius 1 is 1.77 bits per heavy atom. The van der Waals surface area contributed by atoms with Crippen LogP contribution in [0, 0.1) is 5.92 Å². The van der Waals surface area contributed by atoms with Crippen LogP contribution in [0.3, 0.4) is 0 Å². The molecular formula is C10H16O3. The lowest BCUT2D eigenvalue weighted by atomic mass is 9.84. The molecule has 0 saturated heterocycles. The number of allylic oxidation sites excluding steroid dienone is 1. The van der Waals surface area contributed by atoms with E-state index >= 15 is 0 Å². The predicted octanol–water partition coefficient (Wildman–Crippen LogP) is 1.27. The Labute approximate surface area is 78.4 Å². The maximum Gasteiger partial charge on any atom is 0.335 e. The fourth-order valence-corrected chi connectivity index (χ4v) is 1.74. The molecule has 0 radical (unpaired) electrons. The van der Waals surface area contributed by atoms with E-state index in [9.17, 15) is 9.90 Å². The second kappa shape index (κ2) is 4.42. The normalized spacial score (nSPS) is 24.8. The molecule has 0 aliphatic heterocycles. The third-order valence-electron chi connectivity index (χ3n) is 2.59. The van der Waals surface area contributed by atoms with Gasteiger partial charge in [-0.05, 0) is 26.2 Å². The van der Waals surface area contributed by atoms with Gasteiger partial charge >= 0.3 is 5.97 Å². The molecule has 13 heavy (non-hydrogen) atoms. The van der Waals surface area contributed by atoms with Crippen molar-refractivity contribution in [2.45, 2.75) is 32.3 Å². The van der Waals surface area contributed by atoms with Crippen molar-refractivity contribution in [2.24, 2.45) is 5.92 Å². The second-order valence-corrected chi connectivity index (χ2v) is 3.45. The van der Waals surface area contributed by atoms with E-state index in [1.165, 1.54) is 7.11 Å². The minimum absolute atomic E-state index is 0.0406. The molecule has 0 aromatic rings. The summed E-state index contributed by atoms with van der Waals surface area (Å²) in [5.41, 5.74) is 1.10. The zero-order chi connectivity index (χ0) is 9.84. The van der Waals surface area contributed by atoms with Crippen LogP contribution in [-0.2, 0) is 9.53 Å². The standard InChI is InChI=1S/C10H16O3/c1-7-5-3-4-6-8(7)9(11)10(12)13-2/h5,8-9,11H,3-4,6H2,1-2H3. The summed E-state index contributed by atoms with van der Waals surface area (Å²) in [5, 5.41) is 9.60. The van der Waals surface area contributed by atoms with E-state index < -0.39 is 12.1 Å². The van der Waals surface area contributed by atoms with Crippen molar-refractivity contribution in [2.75, 3.05) is 7.11 Å². The highest BCUT2D eigenvalue weighted by Gasteiger charge is 2.28. The van der Waals surface area contributed by atoms with Crippen LogP contribution in [-0.4, -0.2) is 24.3 Å². The predicted molar refractivity (Wildman–Crippen MR) is 49.1 cm³/mol. The lowest BCUT2D eigenvalue weighted by Crippen LogP contribution is -2.32. The van der Waals surface area contributed by atoms with Gasteiger partial charge in [0.15, 0.2) is 6.10 Å². The Kier molecular flexibility index (Phi) is 3.48. The third kappa shape index (κ3) is 2.31. The summed E-state index contributed by atoms with van der Waals surface area (Å²) in [6, 6.07) is 0. The van der Waals surface area contributed by atoms with E-state index in [-0.39, 0.29) is 5.92 Å². The van der Waals surface area contributed by atoms with Crippen LogP contribution < -0.4 is 0 Å². The van der Waals surface area contributed by atoms with Crippen molar-refractivity contribution in [1.82, 2.24) is 0 Å². The van der Waals surface area contributed by atoms with Crippen LogP contribution in [0.15, 0.2) is 11.6 Å². The van der Waals surface area contributed by atoms with Crippen molar-refractivity contribution in [3.8, 4) is 0 Å². The van der Waals surface area contributed by atoms with Crippen molar-refractivity contribution in [1.29, 1.82) is 0 Å². The molecule has 2 atom stereocenters. The van der Waals surface area contributed by atoms with Crippen LogP contribution in [0.2, 0.25) is 0 Å². The van der Waals surface area contributed by atoms with Crippen molar-refractivity contribution in [3.05, 3.63) is 11.6 Å². The molecule has 0 amide bonds. The van der Waals surface area contributed by atoms with Gasteiger partial charge in [-0.2, -0.15) is 0 Å². The van der Waals surface area contributed by atoms with Crippen LogP contribution in [0.5, 0.6) is 0 Å². The molecule has 3 heteroatoms. The number of carbonyl (C=O) groups excluding carboxylic acids is 1. The molecule has 0 heterocycles. The number of hydrogen-bond donors (Lipinski definition) is 1. The summed E-state index contributed by atoms with van der Waals surface area (Å²) >= 11 is 0. The Morgan fingerprint density at radius 3 is 3.00 bits per heavy atom. The number of aliphatic hydroxyl groups excluding tert-OH is 1. The third-order valence-corrected chi connectivity index (χ3v) is 2.59. The van der Waals surface area contributed by atoms with Gasteiger partial charge in [0.2, 0.25) is 0 Å².